The second kappa shape index (κ2) is 3.11. The van der Waals surface area contributed by atoms with E-state index in [1.807, 2.05) is 0 Å². The molecule has 16 heavy (non-hydrogen) atoms. The summed E-state index contributed by atoms with van der Waals surface area (Å²) < 4.78 is 27.8. The van der Waals surface area contributed by atoms with Gasteiger partial charge in [0, 0.05) is 12.8 Å². The standard InChI is InChI=1S/C6H4B4F2N4/c7-5(8)1-4(11,12)2-6(9,10)16-3(5)13-14-15-16/h1-2H2. The van der Waals surface area contributed by atoms with Crippen molar-refractivity contribution in [3.05, 3.63) is 5.82 Å². The highest BCUT2D eigenvalue weighted by Gasteiger charge is 2.48. The summed E-state index contributed by atoms with van der Waals surface area (Å²) in [7, 11) is 22.2. The Balaban J connectivity index is 2.59. The van der Waals surface area contributed by atoms with Crippen LogP contribution in [0.2, 0.25) is 0 Å². The topological polar surface area (TPSA) is 43.6 Å². The van der Waals surface area contributed by atoms with Crippen LogP contribution in [-0.4, -0.2) is 57.5 Å². The van der Waals surface area contributed by atoms with Crippen LogP contribution in [0, 0.1) is 0 Å². The zero-order chi connectivity index (χ0) is 12.2. The first-order valence-corrected chi connectivity index (χ1v) is 4.47. The van der Waals surface area contributed by atoms with Gasteiger partial charge >= 0.3 is 0 Å². The van der Waals surface area contributed by atoms with E-state index in [2.05, 4.69) is 15.5 Å². The fraction of sp³-hybridized carbons (Fsp3) is 0.833. The van der Waals surface area contributed by atoms with Gasteiger partial charge < -0.3 is 0 Å². The lowest BCUT2D eigenvalue weighted by molar-refractivity contribution is -0.0253. The molecule has 0 aromatic carbocycles. The third-order valence-corrected chi connectivity index (χ3v) is 2.37. The summed E-state index contributed by atoms with van der Waals surface area (Å²) in [6.45, 7) is 0. The van der Waals surface area contributed by atoms with Gasteiger partial charge in [0.25, 0.3) is 0 Å². The summed E-state index contributed by atoms with van der Waals surface area (Å²) in [4.78, 5) is 0. The van der Waals surface area contributed by atoms with E-state index < -0.39 is 29.3 Å². The summed E-state index contributed by atoms with van der Waals surface area (Å²) in [6.07, 6.45) is -1.66. The Bertz CT molecular complexity index is 384. The Morgan fingerprint density at radius 1 is 1.12 bits per heavy atom. The Morgan fingerprint density at radius 3 is 2.38 bits per heavy atom. The van der Waals surface area contributed by atoms with Crippen LogP contribution in [0.4, 0.5) is 8.78 Å². The summed E-state index contributed by atoms with van der Waals surface area (Å²) in [6, 6.07) is 0. The van der Waals surface area contributed by atoms with Gasteiger partial charge in [-0.05, 0) is 21.0 Å². The first-order chi connectivity index (χ1) is 7.14. The van der Waals surface area contributed by atoms with Crippen molar-refractivity contribution in [2.45, 2.75) is 29.3 Å². The molecule has 0 unspecified atom stereocenters. The second-order valence-corrected chi connectivity index (χ2v) is 4.16. The molecule has 8 radical (unpaired) electrons. The predicted molar refractivity (Wildman–Crippen MR) is 54.7 cm³/mol. The number of hydrogen-bond acceptors (Lipinski definition) is 3. The van der Waals surface area contributed by atoms with E-state index in [1.54, 1.807) is 0 Å². The molecule has 2 heterocycles. The summed E-state index contributed by atoms with van der Waals surface area (Å²) >= 11 is 0. The highest BCUT2D eigenvalue weighted by molar-refractivity contribution is 6.41. The molecule has 1 aromatic heterocycles. The van der Waals surface area contributed by atoms with Gasteiger partial charge in [0.2, 0.25) is 5.92 Å². The SMILES string of the molecule is [B]C1([B])CC(F)(F)CC([B])([B])n2nnnc21. The van der Waals surface area contributed by atoms with Crippen LogP contribution in [0.25, 0.3) is 0 Å². The van der Waals surface area contributed by atoms with Crippen LogP contribution in [0.5, 0.6) is 0 Å². The van der Waals surface area contributed by atoms with Crippen molar-refractivity contribution in [2.75, 3.05) is 0 Å². The first kappa shape index (κ1) is 11.7. The maximum absolute atomic E-state index is 13.5. The molecule has 1 aromatic rings. The minimum Gasteiger partial charge on any atom is -0.242 e. The average molecular weight is 213 g/mol. The number of fused-ring (bicyclic) bond motifs is 1. The number of nitrogens with zero attached hydrogens (tertiary/aromatic N) is 4. The maximum atomic E-state index is 13.5. The Hall–Kier alpha value is -0.810. The molecule has 2 rings (SSSR count). The highest BCUT2D eigenvalue weighted by Crippen LogP contribution is 2.40. The molecule has 0 bridgehead atoms. The van der Waals surface area contributed by atoms with Crippen molar-refractivity contribution in [3.63, 3.8) is 0 Å². The molecular formula is C6H4B4F2N4. The average Bonchev–Trinajstić information content (AvgIpc) is 2.43. The molecule has 0 spiro atoms. The van der Waals surface area contributed by atoms with E-state index in [0.29, 0.717) is 0 Å². The quantitative estimate of drug-likeness (QED) is 0.495. The molecule has 74 valence electrons. The van der Waals surface area contributed by atoms with Crippen molar-refractivity contribution in [3.8, 4) is 0 Å². The number of halogens is 2. The molecule has 1 aliphatic heterocycles. The van der Waals surface area contributed by atoms with Gasteiger partial charge in [0.1, 0.15) is 5.82 Å². The Morgan fingerprint density at radius 2 is 1.75 bits per heavy atom. The van der Waals surface area contributed by atoms with E-state index in [-0.39, 0.29) is 5.82 Å². The first-order valence-electron chi connectivity index (χ1n) is 4.47. The number of tetrazole rings is 1. The van der Waals surface area contributed by atoms with Gasteiger partial charge in [-0.25, -0.2) is 13.5 Å². The number of hydrogen-bond donors (Lipinski definition) is 0. The lowest BCUT2D eigenvalue weighted by Crippen LogP contribution is -2.40. The van der Waals surface area contributed by atoms with Gasteiger partial charge in [-0.3, -0.25) is 0 Å². The summed E-state index contributed by atoms with van der Waals surface area (Å²) in [5.41, 5.74) is 0. The fourth-order valence-corrected chi connectivity index (χ4v) is 1.82. The summed E-state index contributed by atoms with van der Waals surface area (Å²) in [5.74, 6) is -3.36. The van der Waals surface area contributed by atoms with Crippen molar-refractivity contribution < 1.29 is 8.78 Å². The Kier molecular flexibility index (Phi) is 2.27. The van der Waals surface area contributed by atoms with Gasteiger partial charge in [-0.15, -0.1) is 5.10 Å². The van der Waals surface area contributed by atoms with Crippen LogP contribution in [0.3, 0.4) is 0 Å². The third kappa shape index (κ3) is 1.78. The maximum Gasteiger partial charge on any atom is 0.248 e. The normalized spacial score (nSPS) is 25.6. The van der Waals surface area contributed by atoms with E-state index in [0.717, 1.165) is 4.68 Å². The molecule has 1 aliphatic rings. The van der Waals surface area contributed by atoms with Crippen molar-refractivity contribution in [1.29, 1.82) is 0 Å². The van der Waals surface area contributed by atoms with Gasteiger partial charge in [0.15, 0.2) is 0 Å². The monoisotopic (exact) mass is 214 g/mol. The van der Waals surface area contributed by atoms with Gasteiger partial charge in [0.05, 0.1) is 31.4 Å². The molecule has 0 amide bonds. The molecule has 0 atom stereocenters. The number of alkyl halides is 2. The third-order valence-electron chi connectivity index (χ3n) is 2.37. The van der Waals surface area contributed by atoms with Gasteiger partial charge in [-0.2, -0.15) is 0 Å². The lowest BCUT2D eigenvalue weighted by Gasteiger charge is -2.27. The summed E-state index contributed by atoms with van der Waals surface area (Å²) in [5, 5.41) is 6.43. The molecule has 0 fully saturated rings. The second-order valence-electron chi connectivity index (χ2n) is 4.16. The van der Waals surface area contributed by atoms with Crippen LogP contribution < -0.4 is 0 Å². The van der Waals surface area contributed by atoms with Crippen molar-refractivity contribution >= 4 is 31.4 Å². The zero-order valence-corrected chi connectivity index (χ0v) is 8.27. The Labute approximate surface area is 96.2 Å². The smallest absolute Gasteiger partial charge is 0.242 e. The minimum absolute atomic E-state index is 0.158. The predicted octanol–water partition coefficient (Wildman–Crippen LogP) is -1.46. The molecule has 0 aliphatic carbocycles. The van der Waals surface area contributed by atoms with Crippen LogP contribution in [0.1, 0.15) is 18.7 Å². The molecule has 0 N–H and O–H groups in total. The van der Waals surface area contributed by atoms with Crippen molar-refractivity contribution in [2.24, 2.45) is 0 Å². The van der Waals surface area contributed by atoms with E-state index in [1.165, 1.54) is 0 Å². The number of aromatic nitrogens is 4. The minimum atomic E-state index is -3.20. The molecule has 4 nitrogen and oxygen atoms in total. The van der Waals surface area contributed by atoms with Gasteiger partial charge in [-0.1, -0.05) is 0 Å². The van der Waals surface area contributed by atoms with E-state index in [4.69, 9.17) is 31.4 Å². The van der Waals surface area contributed by atoms with Crippen LogP contribution in [-0.2, 0) is 10.6 Å². The lowest BCUT2D eigenvalue weighted by atomic mass is 9.51. The molecule has 0 saturated heterocycles. The van der Waals surface area contributed by atoms with E-state index in [9.17, 15) is 8.78 Å². The molecule has 0 saturated carbocycles. The van der Waals surface area contributed by atoms with Crippen LogP contribution in [0.15, 0.2) is 0 Å². The van der Waals surface area contributed by atoms with Crippen LogP contribution >= 0.6 is 0 Å². The zero-order valence-electron chi connectivity index (χ0n) is 8.27. The van der Waals surface area contributed by atoms with E-state index >= 15 is 0 Å². The number of rotatable bonds is 0. The molecule has 10 heteroatoms. The highest BCUT2D eigenvalue weighted by atomic mass is 19.3. The molecular weight excluding hydrogens is 209 g/mol. The fourth-order valence-electron chi connectivity index (χ4n) is 1.82. The van der Waals surface area contributed by atoms with Crippen molar-refractivity contribution in [1.82, 2.24) is 20.2 Å². The largest absolute Gasteiger partial charge is 0.248 e.